The van der Waals surface area contributed by atoms with Gasteiger partial charge in [0.05, 0.1) is 28.4 Å². The van der Waals surface area contributed by atoms with Crippen molar-refractivity contribution in [3.8, 4) is 11.3 Å². The molecule has 0 radical (unpaired) electrons. The lowest BCUT2D eigenvalue weighted by molar-refractivity contribution is 0.0526. The predicted molar refractivity (Wildman–Crippen MR) is 118 cm³/mol. The molecule has 0 aliphatic heterocycles. The summed E-state index contributed by atoms with van der Waals surface area (Å²) in [5, 5.41) is 1.59. The second kappa shape index (κ2) is 8.74. The molecular weight excluding hydrogens is 429 g/mol. The highest BCUT2D eigenvalue weighted by atomic mass is 35.5. The van der Waals surface area contributed by atoms with E-state index < -0.39 is 0 Å². The summed E-state index contributed by atoms with van der Waals surface area (Å²) in [5.74, 6) is 0.872. The van der Waals surface area contributed by atoms with Crippen LogP contribution in [-0.4, -0.2) is 18.8 Å². The number of carbonyl (C=O) groups excluding carboxylic acids is 1. The van der Waals surface area contributed by atoms with Gasteiger partial charge >= 0.3 is 5.97 Å². The van der Waals surface area contributed by atoms with E-state index in [-0.39, 0.29) is 5.97 Å². The van der Waals surface area contributed by atoms with Gasteiger partial charge in [-0.25, -0.2) is 9.79 Å². The van der Waals surface area contributed by atoms with E-state index in [4.69, 9.17) is 32.4 Å². The molecule has 4 nitrogen and oxygen atoms in total. The van der Waals surface area contributed by atoms with Gasteiger partial charge in [-0.2, -0.15) is 0 Å². The Kier molecular flexibility index (Phi) is 6.09. The van der Waals surface area contributed by atoms with E-state index >= 15 is 0 Å². The lowest BCUT2D eigenvalue weighted by Gasteiger charge is -2.11. The van der Waals surface area contributed by atoms with Crippen LogP contribution in [0.25, 0.3) is 11.3 Å². The third-order valence-electron chi connectivity index (χ3n) is 4.79. The van der Waals surface area contributed by atoms with Gasteiger partial charge in [-0.3, -0.25) is 0 Å². The maximum atomic E-state index is 12.5. The maximum absolute atomic E-state index is 12.5. The molecule has 1 aromatic carbocycles. The first kappa shape index (κ1) is 20.2. The Morgan fingerprint density at radius 3 is 2.90 bits per heavy atom. The van der Waals surface area contributed by atoms with Gasteiger partial charge in [-0.1, -0.05) is 29.3 Å². The van der Waals surface area contributed by atoms with Gasteiger partial charge in [0.25, 0.3) is 0 Å². The first-order valence-electron chi connectivity index (χ1n) is 9.48. The number of nitrogens with zero attached hydrogens (tertiary/aromatic N) is 1. The fourth-order valence-corrected chi connectivity index (χ4v) is 5.05. The second-order valence-electron chi connectivity index (χ2n) is 6.67. The molecule has 0 atom stereocenters. The number of ether oxygens (including phenoxy) is 1. The molecule has 4 rings (SSSR count). The van der Waals surface area contributed by atoms with E-state index in [1.165, 1.54) is 4.88 Å². The largest absolute Gasteiger partial charge is 0.462 e. The Labute approximate surface area is 183 Å². The predicted octanol–water partition coefficient (Wildman–Crippen LogP) is 7.12. The standard InChI is InChI=1S/C22H19Cl2NO3S/c1-2-27-22(26)19-15-6-3-4-9-18(15)29-21(19)25-12-13-10-11-17(28-13)14-7-5-8-16(23)20(14)24/h5,7-8,10-12H,2-4,6,9H2,1H3/b25-12+. The zero-order chi connectivity index (χ0) is 20.4. The monoisotopic (exact) mass is 447 g/mol. The average molecular weight is 448 g/mol. The summed E-state index contributed by atoms with van der Waals surface area (Å²) < 4.78 is 11.1. The molecule has 0 unspecified atom stereocenters. The number of hydrogen-bond acceptors (Lipinski definition) is 5. The van der Waals surface area contributed by atoms with Crippen LogP contribution in [-0.2, 0) is 17.6 Å². The van der Waals surface area contributed by atoms with Crippen molar-refractivity contribution in [2.45, 2.75) is 32.6 Å². The molecule has 3 aromatic rings. The summed E-state index contributed by atoms with van der Waals surface area (Å²) in [6.07, 6.45) is 5.73. The summed E-state index contributed by atoms with van der Waals surface area (Å²) in [5.41, 5.74) is 2.42. The molecule has 0 fully saturated rings. The van der Waals surface area contributed by atoms with Crippen LogP contribution in [0.3, 0.4) is 0 Å². The van der Waals surface area contributed by atoms with Crippen LogP contribution in [0.2, 0.25) is 10.0 Å². The van der Waals surface area contributed by atoms with Crippen molar-refractivity contribution >= 4 is 51.7 Å². The number of aryl methyl sites for hydroxylation is 1. The lowest BCUT2D eigenvalue weighted by Crippen LogP contribution is -2.09. The van der Waals surface area contributed by atoms with E-state index in [1.807, 2.05) is 31.2 Å². The Hall–Kier alpha value is -2.08. The highest BCUT2D eigenvalue weighted by Crippen LogP contribution is 2.40. The first-order valence-corrected chi connectivity index (χ1v) is 11.1. The van der Waals surface area contributed by atoms with Crippen molar-refractivity contribution in [1.82, 2.24) is 0 Å². The molecule has 2 heterocycles. The third kappa shape index (κ3) is 4.13. The van der Waals surface area contributed by atoms with Crippen LogP contribution in [0.15, 0.2) is 39.7 Å². The van der Waals surface area contributed by atoms with Crippen molar-refractivity contribution < 1.29 is 13.9 Å². The highest BCUT2D eigenvalue weighted by molar-refractivity contribution is 7.16. The highest BCUT2D eigenvalue weighted by Gasteiger charge is 2.26. The Morgan fingerprint density at radius 2 is 2.07 bits per heavy atom. The van der Waals surface area contributed by atoms with Gasteiger partial charge in [0.2, 0.25) is 0 Å². The number of rotatable bonds is 5. The molecule has 0 saturated heterocycles. The number of fused-ring (bicyclic) bond motifs is 1. The van der Waals surface area contributed by atoms with Crippen molar-refractivity contribution in [2.75, 3.05) is 6.61 Å². The van der Waals surface area contributed by atoms with Crippen LogP contribution in [0, 0.1) is 0 Å². The van der Waals surface area contributed by atoms with E-state index in [9.17, 15) is 4.79 Å². The molecule has 1 aliphatic carbocycles. The van der Waals surface area contributed by atoms with E-state index in [2.05, 4.69) is 4.99 Å². The minimum absolute atomic E-state index is 0.301. The van der Waals surface area contributed by atoms with E-state index in [1.54, 1.807) is 23.6 Å². The summed E-state index contributed by atoms with van der Waals surface area (Å²) in [7, 11) is 0. The topological polar surface area (TPSA) is 51.8 Å². The summed E-state index contributed by atoms with van der Waals surface area (Å²) in [4.78, 5) is 18.3. The summed E-state index contributed by atoms with van der Waals surface area (Å²) >= 11 is 13.9. The van der Waals surface area contributed by atoms with Crippen LogP contribution in [0.4, 0.5) is 5.00 Å². The van der Waals surface area contributed by atoms with Crippen molar-refractivity contribution in [3.05, 3.63) is 62.1 Å². The fraction of sp³-hybridized carbons (Fsp3) is 0.273. The molecular formula is C22H19Cl2NO3S. The first-order chi connectivity index (χ1) is 14.1. The molecule has 2 aromatic heterocycles. The SMILES string of the molecule is CCOC(=O)c1c(/N=C/c2ccc(-c3cccc(Cl)c3Cl)o2)sc2c1CCCC2. The van der Waals surface area contributed by atoms with Gasteiger partial charge in [-0.15, -0.1) is 11.3 Å². The number of carbonyl (C=O) groups is 1. The number of esters is 1. The molecule has 0 amide bonds. The zero-order valence-electron chi connectivity index (χ0n) is 15.8. The normalized spacial score (nSPS) is 13.6. The van der Waals surface area contributed by atoms with Crippen molar-refractivity contribution in [3.63, 3.8) is 0 Å². The maximum Gasteiger partial charge on any atom is 0.341 e. The molecule has 0 bridgehead atoms. The van der Waals surface area contributed by atoms with Gasteiger partial charge < -0.3 is 9.15 Å². The van der Waals surface area contributed by atoms with Crippen LogP contribution < -0.4 is 0 Å². The molecule has 0 spiro atoms. The number of thiophene rings is 1. The quantitative estimate of drug-likeness (QED) is 0.308. The molecule has 1 aliphatic rings. The average Bonchev–Trinajstić information content (AvgIpc) is 3.33. The van der Waals surface area contributed by atoms with Crippen molar-refractivity contribution in [1.29, 1.82) is 0 Å². The lowest BCUT2D eigenvalue weighted by atomic mass is 9.95. The molecule has 7 heteroatoms. The van der Waals surface area contributed by atoms with E-state index in [0.29, 0.717) is 38.7 Å². The second-order valence-corrected chi connectivity index (χ2v) is 8.54. The number of benzene rings is 1. The van der Waals surface area contributed by atoms with Crippen LogP contribution in [0.1, 0.15) is 46.3 Å². The molecule has 29 heavy (non-hydrogen) atoms. The van der Waals surface area contributed by atoms with E-state index in [0.717, 1.165) is 36.8 Å². The van der Waals surface area contributed by atoms with Crippen LogP contribution in [0.5, 0.6) is 0 Å². The Morgan fingerprint density at radius 1 is 1.24 bits per heavy atom. The molecule has 0 N–H and O–H groups in total. The minimum Gasteiger partial charge on any atom is -0.462 e. The van der Waals surface area contributed by atoms with Gasteiger partial charge in [0.15, 0.2) is 0 Å². The Bertz CT molecular complexity index is 1080. The number of hydrogen-bond donors (Lipinski definition) is 0. The summed E-state index contributed by atoms with van der Waals surface area (Å²) in [6, 6.07) is 9.04. The van der Waals surface area contributed by atoms with Crippen LogP contribution >= 0.6 is 34.5 Å². The third-order valence-corrected chi connectivity index (χ3v) is 6.80. The Balaban J connectivity index is 1.65. The molecule has 150 valence electrons. The fourth-order valence-electron chi connectivity index (χ4n) is 3.44. The van der Waals surface area contributed by atoms with Gasteiger partial charge in [0.1, 0.15) is 16.5 Å². The smallest absolute Gasteiger partial charge is 0.341 e. The van der Waals surface area contributed by atoms with Crippen molar-refractivity contribution in [2.24, 2.45) is 4.99 Å². The summed E-state index contributed by atoms with van der Waals surface area (Å²) in [6.45, 7) is 2.15. The zero-order valence-corrected chi connectivity index (χ0v) is 18.2. The van der Waals surface area contributed by atoms with Gasteiger partial charge in [-0.05, 0) is 62.4 Å². The number of furan rings is 1. The molecule has 0 saturated carbocycles. The van der Waals surface area contributed by atoms with Gasteiger partial charge in [0, 0.05) is 10.4 Å². The number of aliphatic imine (C=N–C) groups is 1. The minimum atomic E-state index is -0.301. The number of halogens is 2.